The predicted molar refractivity (Wildman–Crippen MR) is 124 cm³/mol. The van der Waals surface area contributed by atoms with Gasteiger partial charge in [0.2, 0.25) is 5.91 Å². The number of aryl methyl sites for hydroxylation is 3. The Balaban J connectivity index is 1.47. The zero-order valence-corrected chi connectivity index (χ0v) is 19.5. The number of amides is 4. The van der Waals surface area contributed by atoms with Gasteiger partial charge in [-0.15, -0.1) is 11.3 Å². The third-order valence-electron chi connectivity index (χ3n) is 5.68. The lowest BCUT2D eigenvalue weighted by atomic mass is 9.92. The van der Waals surface area contributed by atoms with E-state index >= 15 is 0 Å². The third kappa shape index (κ3) is 4.23. The quantitative estimate of drug-likeness (QED) is 0.549. The van der Waals surface area contributed by atoms with Crippen LogP contribution in [-0.2, 0) is 15.1 Å². The van der Waals surface area contributed by atoms with E-state index in [9.17, 15) is 18.8 Å². The van der Waals surface area contributed by atoms with Crippen LogP contribution in [0.2, 0.25) is 0 Å². The first-order chi connectivity index (χ1) is 15.6. The maximum absolute atomic E-state index is 13.3. The number of urea groups is 1. The normalized spacial score (nSPS) is 17.9. The van der Waals surface area contributed by atoms with Gasteiger partial charge in [0, 0.05) is 10.9 Å². The van der Waals surface area contributed by atoms with Gasteiger partial charge in [-0.25, -0.2) is 14.2 Å². The summed E-state index contributed by atoms with van der Waals surface area (Å²) in [5.41, 5.74) is 4.17. The van der Waals surface area contributed by atoms with E-state index in [1.165, 1.54) is 48.1 Å². The van der Waals surface area contributed by atoms with Crippen LogP contribution in [0.3, 0.4) is 0 Å². The molecule has 170 valence electrons. The van der Waals surface area contributed by atoms with E-state index in [4.69, 9.17) is 0 Å². The standard InChI is InChI=1S/C24H23FN4O3S/c1-13-9-14(2)20(15(3)10-13)18-12-33-22(26-18)27-19(30)11-29-21(31)24(4,28-23(29)32)16-5-7-17(25)8-6-16/h5-10,12H,11H2,1-4H3,(H,28,32)(H,26,27,30). The van der Waals surface area contributed by atoms with Crippen molar-refractivity contribution in [2.75, 3.05) is 11.9 Å². The average Bonchev–Trinajstić information content (AvgIpc) is 3.26. The van der Waals surface area contributed by atoms with E-state index in [1.54, 1.807) is 0 Å². The molecule has 7 nitrogen and oxygen atoms in total. The van der Waals surface area contributed by atoms with Crippen molar-refractivity contribution in [3.8, 4) is 11.3 Å². The van der Waals surface area contributed by atoms with Gasteiger partial charge in [0.05, 0.1) is 5.69 Å². The summed E-state index contributed by atoms with van der Waals surface area (Å²) < 4.78 is 13.3. The second-order valence-corrected chi connectivity index (χ2v) is 9.17. The molecule has 1 saturated heterocycles. The van der Waals surface area contributed by atoms with Crippen LogP contribution in [0, 0.1) is 26.6 Å². The summed E-state index contributed by atoms with van der Waals surface area (Å²) in [6.45, 7) is 7.13. The van der Waals surface area contributed by atoms with Crippen LogP contribution in [0.1, 0.15) is 29.2 Å². The Morgan fingerprint density at radius 3 is 2.42 bits per heavy atom. The number of imide groups is 1. The molecule has 0 aliphatic carbocycles. The Hall–Kier alpha value is -3.59. The molecule has 0 bridgehead atoms. The first-order valence-electron chi connectivity index (χ1n) is 10.3. The van der Waals surface area contributed by atoms with Crippen LogP contribution in [0.15, 0.2) is 41.8 Å². The van der Waals surface area contributed by atoms with E-state index in [-0.39, 0.29) is 0 Å². The third-order valence-corrected chi connectivity index (χ3v) is 6.44. The smallest absolute Gasteiger partial charge is 0.319 e. The monoisotopic (exact) mass is 466 g/mol. The lowest BCUT2D eigenvalue weighted by Gasteiger charge is -2.22. The van der Waals surface area contributed by atoms with Crippen molar-refractivity contribution in [3.63, 3.8) is 0 Å². The average molecular weight is 467 g/mol. The molecule has 1 atom stereocenters. The number of nitrogens with one attached hydrogen (secondary N) is 2. The molecule has 2 aromatic carbocycles. The van der Waals surface area contributed by atoms with Gasteiger partial charge in [-0.2, -0.15) is 0 Å². The molecule has 9 heteroatoms. The van der Waals surface area contributed by atoms with Gasteiger partial charge in [0.25, 0.3) is 5.91 Å². The molecule has 1 unspecified atom stereocenters. The highest BCUT2D eigenvalue weighted by Crippen LogP contribution is 2.32. The predicted octanol–water partition coefficient (Wildman–Crippen LogP) is 4.28. The van der Waals surface area contributed by atoms with Crippen molar-refractivity contribution in [2.45, 2.75) is 33.2 Å². The second-order valence-electron chi connectivity index (χ2n) is 8.31. The first-order valence-corrected chi connectivity index (χ1v) is 11.2. The highest BCUT2D eigenvalue weighted by Gasteiger charge is 2.49. The molecule has 1 aliphatic heterocycles. The molecule has 1 fully saturated rings. The molecule has 3 aromatic rings. The first kappa shape index (κ1) is 22.6. The Kier molecular flexibility index (Phi) is 5.75. The summed E-state index contributed by atoms with van der Waals surface area (Å²) in [7, 11) is 0. The molecule has 1 aromatic heterocycles. The van der Waals surface area contributed by atoms with Crippen LogP contribution >= 0.6 is 11.3 Å². The number of halogens is 1. The topological polar surface area (TPSA) is 91.4 Å². The van der Waals surface area contributed by atoms with Gasteiger partial charge in [-0.3, -0.25) is 14.5 Å². The van der Waals surface area contributed by atoms with Gasteiger partial charge in [-0.05, 0) is 56.5 Å². The minimum atomic E-state index is -1.38. The Bertz CT molecular complexity index is 1250. The summed E-state index contributed by atoms with van der Waals surface area (Å²) in [5.74, 6) is -1.57. The second kappa shape index (κ2) is 8.40. The molecule has 0 spiro atoms. The maximum atomic E-state index is 13.3. The van der Waals surface area contributed by atoms with Crippen molar-refractivity contribution < 1.29 is 18.8 Å². The van der Waals surface area contributed by atoms with Crippen molar-refractivity contribution in [1.29, 1.82) is 0 Å². The number of rotatable bonds is 5. The van der Waals surface area contributed by atoms with Crippen molar-refractivity contribution in [2.24, 2.45) is 0 Å². The summed E-state index contributed by atoms with van der Waals surface area (Å²) in [6.07, 6.45) is 0. The van der Waals surface area contributed by atoms with Crippen molar-refractivity contribution in [1.82, 2.24) is 15.2 Å². The summed E-state index contributed by atoms with van der Waals surface area (Å²) in [6, 6.07) is 8.77. The number of carbonyl (C=O) groups excluding carboxylic acids is 3. The highest BCUT2D eigenvalue weighted by atomic mass is 32.1. The largest absolute Gasteiger partial charge is 0.325 e. The molecule has 2 N–H and O–H groups in total. The lowest BCUT2D eigenvalue weighted by Crippen LogP contribution is -2.42. The van der Waals surface area contributed by atoms with E-state index < -0.39 is 35.7 Å². The zero-order valence-electron chi connectivity index (χ0n) is 18.7. The van der Waals surface area contributed by atoms with Gasteiger partial charge < -0.3 is 10.6 Å². The molecule has 2 heterocycles. The fraction of sp³-hybridized carbons (Fsp3) is 0.250. The molecule has 4 rings (SSSR count). The number of benzene rings is 2. The number of nitrogens with zero attached hydrogens (tertiary/aromatic N) is 2. The molecule has 1 aliphatic rings. The maximum Gasteiger partial charge on any atom is 0.325 e. The number of anilines is 1. The van der Waals surface area contributed by atoms with Gasteiger partial charge in [0.1, 0.15) is 17.9 Å². The molecular weight excluding hydrogens is 443 g/mol. The molecular formula is C24H23FN4O3S. The molecule has 0 saturated carbocycles. The fourth-order valence-electron chi connectivity index (χ4n) is 4.15. The van der Waals surface area contributed by atoms with Crippen LogP contribution in [0.4, 0.5) is 14.3 Å². The van der Waals surface area contributed by atoms with Gasteiger partial charge in [0.15, 0.2) is 5.13 Å². The Labute approximate surface area is 194 Å². The Morgan fingerprint density at radius 2 is 1.79 bits per heavy atom. The number of thiazole rings is 1. The molecule has 33 heavy (non-hydrogen) atoms. The van der Waals surface area contributed by atoms with E-state index in [0.717, 1.165) is 27.3 Å². The van der Waals surface area contributed by atoms with E-state index in [1.807, 2.05) is 26.2 Å². The van der Waals surface area contributed by atoms with Gasteiger partial charge >= 0.3 is 6.03 Å². The summed E-state index contributed by atoms with van der Waals surface area (Å²) in [5, 5.41) is 7.51. The number of hydrogen-bond donors (Lipinski definition) is 2. The van der Waals surface area contributed by atoms with Gasteiger partial charge in [-0.1, -0.05) is 29.8 Å². The number of carbonyl (C=O) groups is 3. The van der Waals surface area contributed by atoms with Crippen LogP contribution in [-0.4, -0.2) is 34.3 Å². The van der Waals surface area contributed by atoms with E-state index in [0.29, 0.717) is 10.7 Å². The number of aromatic nitrogens is 1. The van der Waals surface area contributed by atoms with Crippen LogP contribution < -0.4 is 10.6 Å². The van der Waals surface area contributed by atoms with Crippen LogP contribution in [0.25, 0.3) is 11.3 Å². The zero-order chi connectivity index (χ0) is 23.9. The minimum Gasteiger partial charge on any atom is -0.319 e. The van der Waals surface area contributed by atoms with E-state index in [2.05, 4.69) is 27.8 Å². The summed E-state index contributed by atoms with van der Waals surface area (Å²) in [4.78, 5) is 43.4. The molecule has 4 amide bonds. The molecule has 0 radical (unpaired) electrons. The number of hydrogen-bond acceptors (Lipinski definition) is 5. The van der Waals surface area contributed by atoms with Crippen LogP contribution in [0.5, 0.6) is 0 Å². The fourth-order valence-corrected chi connectivity index (χ4v) is 4.87. The minimum absolute atomic E-state index is 0.378. The Morgan fingerprint density at radius 1 is 1.15 bits per heavy atom. The lowest BCUT2D eigenvalue weighted by molar-refractivity contribution is -0.133. The summed E-state index contributed by atoms with van der Waals surface area (Å²) >= 11 is 1.27. The van der Waals surface area contributed by atoms with Crippen molar-refractivity contribution in [3.05, 3.63) is 69.8 Å². The highest BCUT2D eigenvalue weighted by molar-refractivity contribution is 7.14. The van der Waals surface area contributed by atoms with Crippen molar-refractivity contribution >= 4 is 34.3 Å². The SMILES string of the molecule is Cc1cc(C)c(-c2csc(NC(=O)CN3C(=O)NC(C)(c4ccc(F)cc4)C3=O)n2)c(C)c1.